The molecular formula is C11H17N3O4S. The molecule has 1 atom stereocenters. The molecule has 0 aliphatic rings. The third-order valence-electron chi connectivity index (χ3n) is 2.33. The lowest BCUT2D eigenvalue weighted by atomic mass is 10.2. The van der Waals surface area contributed by atoms with Crippen LogP contribution in [0.4, 0.5) is 4.79 Å². The Kier molecular flexibility index (Phi) is 6.83. The number of carbonyl (C=O) groups excluding carboxylic acids is 1. The van der Waals surface area contributed by atoms with Crippen molar-refractivity contribution in [3.8, 4) is 0 Å². The van der Waals surface area contributed by atoms with E-state index in [0.29, 0.717) is 13.0 Å². The maximum absolute atomic E-state index is 11.4. The largest absolute Gasteiger partial charge is 0.481 e. The molecule has 1 aromatic rings. The number of carboxylic acid groups (broad SMARTS) is 1. The highest BCUT2D eigenvalue weighted by Gasteiger charge is 2.13. The fourth-order valence-corrected chi connectivity index (χ4v) is 1.98. The molecule has 19 heavy (non-hydrogen) atoms. The zero-order valence-electron chi connectivity index (χ0n) is 10.6. The molecule has 1 unspecified atom stereocenters. The van der Waals surface area contributed by atoms with Crippen molar-refractivity contribution in [3.63, 3.8) is 0 Å². The molecule has 106 valence electrons. The highest BCUT2D eigenvalue weighted by Crippen LogP contribution is 2.03. The van der Waals surface area contributed by atoms with Crippen molar-refractivity contribution in [2.24, 2.45) is 0 Å². The van der Waals surface area contributed by atoms with Crippen molar-refractivity contribution in [3.05, 3.63) is 16.6 Å². The fraction of sp³-hybridized carbons (Fsp3) is 0.545. The smallest absolute Gasteiger partial charge is 0.314 e. The second-order valence-electron chi connectivity index (χ2n) is 3.77. The van der Waals surface area contributed by atoms with Crippen LogP contribution in [0.1, 0.15) is 11.4 Å². The molecule has 1 heterocycles. The van der Waals surface area contributed by atoms with E-state index < -0.39 is 12.1 Å². The van der Waals surface area contributed by atoms with Crippen molar-refractivity contribution < 1.29 is 19.4 Å². The van der Waals surface area contributed by atoms with Gasteiger partial charge in [-0.05, 0) is 0 Å². The summed E-state index contributed by atoms with van der Waals surface area (Å²) in [6.07, 6.45) is 1.72. The summed E-state index contributed by atoms with van der Waals surface area (Å²) in [5, 5.41) is 16.7. The molecule has 0 saturated carbocycles. The number of carboxylic acids is 1. The van der Waals surface area contributed by atoms with Crippen LogP contribution in [0.25, 0.3) is 0 Å². The van der Waals surface area contributed by atoms with Crippen molar-refractivity contribution >= 4 is 23.3 Å². The van der Waals surface area contributed by atoms with E-state index in [1.54, 1.807) is 6.20 Å². The summed E-state index contributed by atoms with van der Waals surface area (Å²) in [7, 11) is 1.41. The Bertz CT molecular complexity index is 397. The molecule has 0 aromatic carbocycles. The van der Waals surface area contributed by atoms with Gasteiger partial charge >= 0.3 is 12.0 Å². The third-order valence-corrected chi connectivity index (χ3v) is 3.17. The van der Waals surface area contributed by atoms with Gasteiger partial charge in [-0.15, -0.1) is 11.3 Å². The van der Waals surface area contributed by atoms with Crippen molar-refractivity contribution in [1.29, 1.82) is 0 Å². The molecule has 0 aliphatic carbocycles. The second-order valence-corrected chi connectivity index (χ2v) is 4.75. The number of ether oxygens (including phenoxy) is 1. The first-order valence-corrected chi connectivity index (χ1v) is 6.64. The number of thiazole rings is 1. The Hall–Kier alpha value is -1.67. The summed E-state index contributed by atoms with van der Waals surface area (Å²) in [5.41, 5.74) is 0. The number of urea groups is 1. The predicted molar refractivity (Wildman–Crippen MR) is 70.3 cm³/mol. The van der Waals surface area contributed by atoms with Crippen LogP contribution in [-0.2, 0) is 16.0 Å². The molecule has 1 aromatic heterocycles. The van der Waals surface area contributed by atoms with Crippen LogP contribution in [0, 0.1) is 0 Å². The Morgan fingerprint density at radius 3 is 2.89 bits per heavy atom. The molecule has 0 bridgehead atoms. The van der Waals surface area contributed by atoms with E-state index in [4.69, 9.17) is 9.84 Å². The molecule has 0 radical (unpaired) electrons. The van der Waals surface area contributed by atoms with E-state index in [1.165, 1.54) is 18.4 Å². The summed E-state index contributed by atoms with van der Waals surface area (Å²) in [5.74, 6) is -0.960. The molecule has 3 N–H and O–H groups in total. The minimum Gasteiger partial charge on any atom is -0.481 e. The van der Waals surface area contributed by atoms with Crippen LogP contribution >= 0.6 is 11.3 Å². The topological polar surface area (TPSA) is 101 Å². The summed E-state index contributed by atoms with van der Waals surface area (Å²) >= 11 is 1.54. The number of hydrogen-bond donors (Lipinski definition) is 3. The van der Waals surface area contributed by atoms with Gasteiger partial charge in [0.15, 0.2) is 0 Å². The lowest BCUT2D eigenvalue weighted by molar-refractivity contribution is -0.139. The van der Waals surface area contributed by atoms with E-state index in [1.807, 2.05) is 5.38 Å². The normalized spacial score (nSPS) is 11.8. The van der Waals surface area contributed by atoms with Gasteiger partial charge in [0.2, 0.25) is 0 Å². The molecule has 2 amide bonds. The first-order chi connectivity index (χ1) is 9.11. The SMILES string of the molecule is COC(CNC(=O)NCCc1nccs1)CC(=O)O. The maximum atomic E-state index is 11.4. The van der Waals surface area contributed by atoms with Crippen LogP contribution in [-0.4, -0.2) is 48.4 Å². The number of aromatic nitrogens is 1. The first-order valence-electron chi connectivity index (χ1n) is 5.76. The van der Waals surface area contributed by atoms with Gasteiger partial charge in [0.25, 0.3) is 0 Å². The van der Waals surface area contributed by atoms with Crippen molar-refractivity contribution in [2.45, 2.75) is 18.9 Å². The standard InChI is InChI=1S/C11H17N3O4S/c1-18-8(6-10(15)16)7-14-11(17)13-3-2-9-12-4-5-19-9/h4-5,8H,2-3,6-7H2,1H3,(H,15,16)(H2,13,14,17). The zero-order valence-corrected chi connectivity index (χ0v) is 11.4. The summed E-state index contributed by atoms with van der Waals surface area (Å²) < 4.78 is 4.94. The summed E-state index contributed by atoms with van der Waals surface area (Å²) in [6, 6.07) is -0.344. The Labute approximate surface area is 115 Å². The van der Waals surface area contributed by atoms with Gasteiger partial charge in [-0.25, -0.2) is 9.78 Å². The average molecular weight is 287 g/mol. The van der Waals surface area contributed by atoms with Gasteiger partial charge in [0, 0.05) is 38.2 Å². The van der Waals surface area contributed by atoms with Gasteiger partial charge in [0.05, 0.1) is 17.5 Å². The number of carbonyl (C=O) groups is 2. The quantitative estimate of drug-likeness (QED) is 0.645. The molecule has 0 fully saturated rings. The number of methoxy groups -OCH3 is 1. The molecular weight excluding hydrogens is 270 g/mol. The summed E-state index contributed by atoms with van der Waals surface area (Å²) in [6.45, 7) is 0.641. The van der Waals surface area contributed by atoms with Gasteiger partial charge < -0.3 is 20.5 Å². The van der Waals surface area contributed by atoms with Crippen LogP contribution in [0.15, 0.2) is 11.6 Å². The number of hydrogen-bond acceptors (Lipinski definition) is 5. The average Bonchev–Trinajstić information content (AvgIpc) is 2.87. The predicted octanol–water partition coefficient (Wildman–Crippen LogP) is 0.474. The zero-order chi connectivity index (χ0) is 14.1. The number of aliphatic carboxylic acids is 1. The third kappa shape index (κ3) is 6.73. The monoisotopic (exact) mass is 287 g/mol. The number of rotatable bonds is 8. The Morgan fingerprint density at radius 2 is 2.32 bits per heavy atom. The molecule has 0 aliphatic heterocycles. The summed E-state index contributed by atoms with van der Waals surface area (Å²) in [4.78, 5) is 26.0. The number of amides is 2. The first kappa shape index (κ1) is 15.4. The van der Waals surface area contributed by atoms with E-state index in [9.17, 15) is 9.59 Å². The van der Waals surface area contributed by atoms with Gasteiger partial charge in [-0.1, -0.05) is 0 Å². The van der Waals surface area contributed by atoms with Crippen LogP contribution < -0.4 is 10.6 Å². The molecule has 7 nitrogen and oxygen atoms in total. The lowest BCUT2D eigenvalue weighted by Gasteiger charge is -2.14. The van der Waals surface area contributed by atoms with Crippen LogP contribution in [0.3, 0.4) is 0 Å². The second kappa shape index (κ2) is 8.44. The fourth-order valence-electron chi connectivity index (χ4n) is 1.36. The van der Waals surface area contributed by atoms with E-state index in [0.717, 1.165) is 5.01 Å². The molecule has 0 saturated heterocycles. The minimum absolute atomic E-state index is 0.143. The Morgan fingerprint density at radius 1 is 1.53 bits per heavy atom. The van der Waals surface area contributed by atoms with E-state index in [2.05, 4.69) is 15.6 Å². The van der Waals surface area contributed by atoms with Gasteiger partial charge in [-0.2, -0.15) is 0 Å². The number of nitrogens with one attached hydrogen (secondary N) is 2. The number of nitrogens with zero attached hydrogens (tertiary/aromatic N) is 1. The highest BCUT2D eigenvalue weighted by atomic mass is 32.1. The van der Waals surface area contributed by atoms with Crippen molar-refractivity contribution in [2.75, 3.05) is 20.2 Å². The highest BCUT2D eigenvalue weighted by molar-refractivity contribution is 7.09. The maximum Gasteiger partial charge on any atom is 0.314 e. The molecule has 0 spiro atoms. The Balaban J connectivity index is 2.14. The lowest BCUT2D eigenvalue weighted by Crippen LogP contribution is -2.41. The van der Waals surface area contributed by atoms with Gasteiger partial charge in [-0.3, -0.25) is 4.79 Å². The van der Waals surface area contributed by atoms with Crippen LogP contribution in [0.5, 0.6) is 0 Å². The van der Waals surface area contributed by atoms with E-state index >= 15 is 0 Å². The van der Waals surface area contributed by atoms with E-state index in [-0.39, 0.29) is 19.0 Å². The molecule has 1 rings (SSSR count). The van der Waals surface area contributed by atoms with Crippen LogP contribution in [0.2, 0.25) is 0 Å². The van der Waals surface area contributed by atoms with Gasteiger partial charge in [0.1, 0.15) is 0 Å². The molecule has 8 heteroatoms. The minimum atomic E-state index is -0.960. The van der Waals surface area contributed by atoms with Crippen molar-refractivity contribution in [1.82, 2.24) is 15.6 Å².